The Labute approximate surface area is 125 Å². The monoisotopic (exact) mass is 328 g/mol. The minimum atomic E-state index is -3.65. The van der Waals surface area contributed by atoms with E-state index in [2.05, 4.69) is 8.77 Å². The molecule has 3 rings (SSSR count). The first kappa shape index (κ1) is 13.5. The van der Waals surface area contributed by atoms with Gasteiger partial charge in [0, 0.05) is 0 Å². The molecule has 0 atom stereocenters. The largest absolute Gasteiger partial charge is 0.471 e. The number of halogens is 1. The van der Waals surface area contributed by atoms with E-state index in [1.54, 1.807) is 25.1 Å². The fraction of sp³-hybridized carbons (Fsp3) is 0.167. The number of sulfonamides is 1. The summed E-state index contributed by atoms with van der Waals surface area (Å²) in [6.45, 7) is 1.95. The highest BCUT2D eigenvalue weighted by Gasteiger charge is 2.29. The number of ether oxygens (including phenoxy) is 1. The second kappa shape index (κ2) is 4.83. The zero-order chi connectivity index (χ0) is 14.3. The zero-order valence-electron chi connectivity index (χ0n) is 10.3. The number of fused-ring (bicyclic) bond motifs is 1. The van der Waals surface area contributed by atoms with Crippen LogP contribution in [0.4, 0.5) is 0 Å². The Balaban J connectivity index is 1.88. The van der Waals surface area contributed by atoms with Crippen LogP contribution in [0.25, 0.3) is 0 Å². The van der Waals surface area contributed by atoms with E-state index in [9.17, 15) is 8.42 Å². The van der Waals surface area contributed by atoms with Crippen molar-refractivity contribution in [3.05, 3.63) is 45.4 Å². The summed E-state index contributed by atoms with van der Waals surface area (Å²) in [5.74, 6) is 0.0997. The van der Waals surface area contributed by atoms with Gasteiger partial charge in [0.05, 0.1) is 21.2 Å². The maximum atomic E-state index is 11.8. The molecule has 1 aromatic heterocycles. The van der Waals surface area contributed by atoms with Crippen LogP contribution >= 0.6 is 23.1 Å². The molecule has 104 valence electrons. The van der Waals surface area contributed by atoms with Gasteiger partial charge in [0.1, 0.15) is 11.5 Å². The average Bonchev–Trinajstić information content (AvgIpc) is 2.88. The van der Waals surface area contributed by atoms with Crippen molar-refractivity contribution in [1.29, 1.82) is 0 Å². The van der Waals surface area contributed by atoms with Gasteiger partial charge in [0.25, 0.3) is 10.0 Å². The summed E-state index contributed by atoms with van der Waals surface area (Å²) in [5, 5.41) is 0.546. The van der Waals surface area contributed by atoms with Gasteiger partial charge in [0.2, 0.25) is 5.90 Å². The number of hydrogen-bond acceptors (Lipinski definition) is 5. The Hall–Kier alpha value is -1.44. The van der Waals surface area contributed by atoms with Gasteiger partial charge in [0.15, 0.2) is 0 Å². The van der Waals surface area contributed by atoms with Crippen molar-refractivity contribution in [2.24, 2.45) is 4.40 Å². The lowest BCUT2D eigenvalue weighted by molar-refractivity contribution is 0.298. The predicted molar refractivity (Wildman–Crippen MR) is 76.8 cm³/mol. The van der Waals surface area contributed by atoms with Gasteiger partial charge in [-0.25, -0.2) is 0 Å². The molecule has 1 aliphatic rings. The van der Waals surface area contributed by atoms with E-state index >= 15 is 0 Å². The average molecular weight is 329 g/mol. The zero-order valence-corrected chi connectivity index (χ0v) is 12.7. The second-order valence-corrected chi connectivity index (χ2v) is 6.97. The van der Waals surface area contributed by atoms with E-state index in [0.717, 1.165) is 10.6 Å². The molecule has 0 spiro atoms. The number of benzene rings is 1. The lowest BCUT2D eigenvalue weighted by Crippen LogP contribution is -2.03. The lowest BCUT2D eigenvalue weighted by Gasteiger charge is -2.04. The molecule has 0 N–H and O–H groups in total. The summed E-state index contributed by atoms with van der Waals surface area (Å²) >= 11 is 7.29. The maximum absolute atomic E-state index is 11.8. The molecule has 20 heavy (non-hydrogen) atoms. The van der Waals surface area contributed by atoms with Gasteiger partial charge in [-0.05, 0) is 30.6 Å². The third-order valence-corrected chi connectivity index (χ3v) is 5.63. The standard InChI is InChI=1S/C12H9ClN2O3S2/c1-7-11(13)9(19-14-7)6-18-12-8-4-2-3-5-10(8)20(16,17)15-12/h2-5H,6H2,1H3. The van der Waals surface area contributed by atoms with Gasteiger partial charge in [-0.2, -0.15) is 12.8 Å². The van der Waals surface area contributed by atoms with Crippen molar-refractivity contribution in [2.45, 2.75) is 18.4 Å². The molecule has 0 fully saturated rings. The van der Waals surface area contributed by atoms with Crippen LogP contribution in [0.15, 0.2) is 33.6 Å². The third kappa shape index (κ3) is 2.21. The maximum Gasteiger partial charge on any atom is 0.286 e. The normalized spacial score (nSPS) is 15.8. The molecule has 2 aromatic rings. The topological polar surface area (TPSA) is 68.6 Å². The molecule has 0 aliphatic carbocycles. The third-order valence-electron chi connectivity index (χ3n) is 2.79. The van der Waals surface area contributed by atoms with E-state index in [1.807, 2.05) is 0 Å². The van der Waals surface area contributed by atoms with E-state index in [1.165, 1.54) is 17.6 Å². The quantitative estimate of drug-likeness (QED) is 0.850. The van der Waals surface area contributed by atoms with Crippen molar-refractivity contribution in [2.75, 3.05) is 0 Å². The SMILES string of the molecule is Cc1nsc(COC2=NS(=O)(=O)c3ccccc32)c1Cl. The summed E-state index contributed by atoms with van der Waals surface area (Å²) in [6.07, 6.45) is 0. The van der Waals surface area contributed by atoms with Gasteiger partial charge >= 0.3 is 0 Å². The summed E-state index contributed by atoms with van der Waals surface area (Å²) < 4.78 is 36.9. The molecule has 8 heteroatoms. The van der Waals surface area contributed by atoms with Gasteiger partial charge in [-0.3, -0.25) is 0 Å². The number of aryl methyl sites for hydroxylation is 1. The Morgan fingerprint density at radius 1 is 1.35 bits per heavy atom. The molecule has 0 unspecified atom stereocenters. The Kier molecular flexibility index (Phi) is 3.27. The van der Waals surface area contributed by atoms with Gasteiger partial charge in [-0.15, -0.1) is 4.40 Å². The predicted octanol–water partition coefficient (Wildman–Crippen LogP) is 2.77. The molecule has 0 bridgehead atoms. The Morgan fingerprint density at radius 2 is 2.10 bits per heavy atom. The van der Waals surface area contributed by atoms with Gasteiger partial charge in [-0.1, -0.05) is 23.7 Å². The fourth-order valence-electron chi connectivity index (χ4n) is 1.81. The van der Waals surface area contributed by atoms with Crippen LogP contribution in [-0.4, -0.2) is 18.7 Å². The van der Waals surface area contributed by atoms with Crippen LogP contribution < -0.4 is 0 Å². The molecular weight excluding hydrogens is 320 g/mol. The highest BCUT2D eigenvalue weighted by atomic mass is 35.5. The highest BCUT2D eigenvalue weighted by molar-refractivity contribution is 7.90. The number of rotatable bonds is 2. The van der Waals surface area contributed by atoms with E-state index in [4.69, 9.17) is 16.3 Å². The molecule has 5 nitrogen and oxygen atoms in total. The highest BCUT2D eigenvalue weighted by Crippen LogP contribution is 2.29. The van der Waals surface area contributed by atoms with Crippen molar-refractivity contribution in [1.82, 2.24) is 4.37 Å². The molecular formula is C12H9ClN2O3S2. The van der Waals surface area contributed by atoms with Crippen LogP contribution in [0.5, 0.6) is 0 Å². The van der Waals surface area contributed by atoms with Crippen LogP contribution in [0.1, 0.15) is 16.1 Å². The Bertz CT molecular complexity index is 812. The molecule has 1 aromatic carbocycles. The summed E-state index contributed by atoms with van der Waals surface area (Å²) in [7, 11) is -3.65. The summed E-state index contributed by atoms with van der Waals surface area (Å²) in [5.41, 5.74) is 1.21. The minimum Gasteiger partial charge on any atom is -0.471 e. The first-order valence-electron chi connectivity index (χ1n) is 5.67. The van der Waals surface area contributed by atoms with Crippen LogP contribution in [-0.2, 0) is 21.4 Å². The first-order valence-corrected chi connectivity index (χ1v) is 8.26. The first-order chi connectivity index (χ1) is 9.49. The molecule has 0 saturated carbocycles. The van der Waals surface area contributed by atoms with Crippen LogP contribution in [0.2, 0.25) is 5.02 Å². The van der Waals surface area contributed by atoms with Crippen LogP contribution in [0.3, 0.4) is 0 Å². The minimum absolute atomic E-state index is 0.0997. The van der Waals surface area contributed by atoms with Crippen molar-refractivity contribution >= 4 is 39.1 Å². The van der Waals surface area contributed by atoms with E-state index < -0.39 is 10.0 Å². The number of hydrogen-bond donors (Lipinski definition) is 0. The van der Waals surface area contributed by atoms with Crippen molar-refractivity contribution in [3.63, 3.8) is 0 Å². The fourth-order valence-corrected chi connectivity index (χ4v) is 3.89. The van der Waals surface area contributed by atoms with Gasteiger partial charge < -0.3 is 4.74 Å². The van der Waals surface area contributed by atoms with Crippen molar-refractivity contribution in [3.8, 4) is 0 Å². The molecule has 1 aliphatic heterocycles. The smallest absolute Gasteiger partial charge is 0.286 e. The van der Waals surface area contributed by atoms with E-state index in [0.29, 0.717) is 10.6 Å². The number of aromatic nitrogens is 1. The van der Waals surface area contributed by atoms with Crippen molar-refractivity contribution < 1.29 is 13.2 Å². The molecule has 0 amide bonds. The van der Waals surface area contributed by atoms with Crippen LogP contribution in [0, 0.1) is 6.92 Å². The molecule has 0 radical (unpaired) electrons. The summed E-state index contributed by atoms with van der Waals surface area (Å²) in [4.78, 5) is 0.912. The number of nitrogens with zero attached hydrogens (tertiary/aromatic N) is 2. The molecule has 0 saturated heterocycles. The molecule has 2 heterocycles. The van der Waals surface area contributed by atoms with E-state index in [-0.39, 0.29) is 17.4 Å². The second-order valence-electron chi connectivity index (χ2n) is 4.16. The lowest BCUT2D eigenvalue weighted by atomic mass is 10.2. The Morgan fingerprint density at radius 3 is 2.80 bits per heavy atom. The summed E-state index contributed by atoms with van der Waals surface area (Å²) in [6, 6.07) is 6.56.